The van der Waals surface area contributed by atoms with Crippen molar-refractivity contribution in [3.05, 3.63) is 11.3 Å². The van der Waals surface area contributed by atoms with E-state index < -0.39 is 0 Å². The first-order valence-corrected chi connectivity index (χ1v) is 8.50. The Bertz CT molecular complexity index is 452. The summed E-state index contributed by atoms with van der Waals surface area (Å²) in [6, 6.07) is 0.661. The smallest absolute Gasteiger partial charge is 0.131 e. The molecule has 0 aromatic carbocycles. The second kappa shape index (κ2) is 7.30. The lowest BCUT2D eigenvalue weighted by Gasteiger charge is -2.36. The molecule has 1 aliphatic carbocycles. The van der Waals surface area contributed by atoms with E-state index >= 15 is 0 Å². The van der Waals surface area contributed by atoms with E-state index in [2.05, 4.69) is 54.9 Å². The van der Waals surface area contributed by atoms with Crippen LogP contribution in [0.4, 0.5) is 5.82 Å². The van der Waals surface area contributed by atoms with Crippen LogP contribution in [0.25, 0.3) is 0 Å². The lowest BCUT2D eigenvalue weighted by molar-refractivity contribution is 0.334. The first kappa shape index (κ1) is 16.3. The number of hydrogen-bond donors (Lipinski definition) is 1. The summed E-state index contributed by atoms with van der Waals surface area (Å²) in [5.74, 6) is 2.15. The Morgan fingerprint density at radius 3 is 2.81 bits per heavy atom. The van der Waals surface area contributed by atoms with Gasteiger partial charge in [-0.25, -0.2) is 0 Å². The van der Waals surface area contributed by atoms with Gasteiger partial charge in [0.15, 0.2) is 0 Å². The predicted octanol–water partition coefficient (Wildman–Crippen LogP) is 3.24. The molecule has 21 heavy (non-hydrogen) atoms. The Balaban J connectivity index is 2.16. The highest BCUT2D eigenvalue weighted by Crippen LogP contribution is 2.31. The fourth-order valence-corrected chi connectivity index (χ4v) is 3.65. The van der Waals surface area contributed by atoms with Gasteiger partial charge in [0.25, 0.3) is 0 Å². The van der Waals surface area contributed by atoms with Gasteiger partial charge in [0.05, 0.1) is 5.69 Å². The van der Waals surface area contributed by atoms with Crippen LogP contribution in [0.1, 0.15) is 57.2 Å². The number of nitrogens with zero attached hydrogens (tertiary/aromatic N) is 3. The SMILES string of the molecule is CCCNCc1c(C)nn(C)c1N(C)C1CCCC(C)C1. The van der Waals surface area contributed by atoms with Gasteiger partial charge in [0.2, 0.25) is 0 Å². The summed E-state index contributed by atoms with van der Waals surface area (Å²) >= 11 is 0. The van der Waals surface area contributed by atoms with E-state index in [0.717, 1.165) is 24.7 Å². The number of hydrogen-bond acceptors (Lipinski definition) is 3. The Kier molecular flexibility index (Phi) is 5.68. The highest BCUT2D eigenvalue weighted by Gasteiger charge is 2.26. The van der Waals surface area contributed by atoms with Gasteiger partial charge in [-0.1, -0.05) is 26.7 Å². The van der Waals surface area contributed by atoms with Crippen molar-refractivity contribution >= 4 is 5.82 Å². The zero-order valence-electron chi connectivity index (χ0n) is 14.4. The molecule has 1 aromatic heterocycles. The molecular weight excluding hydrogens is 260 g/mol. The van der Waals surface area contributed by atoms with Crippen molar-refractivity contribution in [1.29, 1.82) is 0 Å². The third-order valence-corrected chi connectivity index (χ3v) is 4.83. The standard InChI is InChI=1S/C17H32N4/c1-6-10-18-12-16-14(3)19-21(5)17(16)20(4)15-9-7-8-13(2)11-15/h13,15,18H,6-12H2,1-5H3. The highest BCUT2D eigenvalue weighted by atomic mass is 15.4. The summed E-state index contributed by atoms with van der Waals surface area (Å²) in [6.45, 7) is 8.72. The summed E-state index contributed by atoms with van der Waals surface area (Å²) in [4.78, 5) is 2.48. The van der Waals surface area contributed by atoms with Gasteiger partial charge in [0, 0.05) is 32.2 Å². The zero-order valence-corrected chi connectivity index (χ0v) is 14.4. The van der Waals surface area contributed by atoms with Gasteiger partial charge in [0.1, 0.15) is 5.82 Å². The molecule has 0 aliphatic heterocycles. The molecule has 1 aromatic rings. The van der Waals surface area contributed by atoms with Crippen molar-refractivity contribution in [2.75, 3.05) is 18.5 Å². The lowest BCUT2D eigenvalue weighted by atomic mass is 9.86. The van der Waals surface area contributed by atoms with E-state index in [0.29, 0.717) is 6.04 Å². The largest absolute Gasteiger partial charge is 0.357 e. The number of aromatic nitrogens is 2. The van der Waals surface area contributed by atoms with Gasteiger partial charge in [-0.3, -0.25) is 4.68 Å². The van der Waals surface area contributed by atoms with E-state index in [1.165, 1.54) is 43.5 Å². The molecule has 2 unspecified atom stereocenters. The molecule has 4 nitrogen and oxygen atoms in total. The van der Waals surface area contributed by atoms with Crippen molar-refractivity contribution in [3.63, 3.8) is 0 Å². The maximum atomic E-state index is 4.66. The number of rotatable bonds is 6. The van der Waals surface area contributed by atoms with Crippen LogP contribution in [0.3, 0.4) is 0 Å². The van der Waals surface area contributed by atoms with Crippen LogP contribution < -0.4 is 10.2 Å². The van der Waals surface area contributed by atoms with Crippen LogP contribution in [0.2, 0.25) is 0 Å². The molecule has 1 N–H and O–H groups in total. The molecule has 2 rings (SSSR count). The monoisotopic (exact) mass is 292 g/mol. The minimum absolute atomic E-state index is 0.661. The first-order valence-electron chi connectivity index (χ1n) is 8.50. The third-order valence-electron chi connectivity index (χ3n) is 4.83. The van der Waals surface area contributed by atoms with Gasteiger partial charge in [-0.15, -0.1) is 0 Å². The topological polar surface area (TPSA) is 33.1 Å². The number of anilines is 1. The summed E-state index contributed by atoms with van der Waals surface area (Å²) in [7, 11) is 4.33. The maximum absolute atomic E-state index is 4.66. The number of aryl methyl sites for hydroxylation is 2. The molecule has 2 atom stereocenters. The Labute approximate surface area is 129 Å². The van der Waals surface area contributed by atoms with Crippen LogP contribution in [-0.2, 0) is 13.6 Å². The Hall–Kier alpha value is -1.03. The predicted molar refractivity (Wildman–Crippen MR) is 89.8 cm³/mol. The van der Waals surface area contributed by atoms with Gasteiger partial charge >= 0.3 is 0 Å². The van der Waals surface area contributed by atoms with Crippen molar-refractivity contribution < 1.29 is 0 Å². The van der Waals surface area contributed by atoms with Crippen LogP contribution in [0.15, 0.2) is 0 Å². The maximum Gasteiger partial charge on any atom is 0.131 e. The minimum atomic E-state index is 0.661. The molecule has 4 heteroatoms. The van der Waals surface area contributed by atoms with Crippen LogP contribution in [-0.4, -0.2) is 29.4 Å². The molecule has 120 valence electrons. The third kappa shape index (κ3) is 3.79. The molecule has 0 saturated heterocycles. The minimum Gasteiger partial charge on any atom is -0.357 e. The van der Waals surface area contributed by atoms with Gasteiger partial charge < -0.3 is 10.2 Å². The molecule has 1 heterocycles. The quantitative estimate of drug-likeness (QED) is 0.817. The van der Waals surface area contributed by atoms with E-state index in [1.54, 1.807) is 0 Å². The molecule has 0 bridgehead atoms. The van der Waals surface area contributed by atoms with Crippen LogP contribution in [0.5, 0.6) is 0 Å². The molecule has 0 amide bonds. The second-order valence-corrected chi connectivity index (χ2v) is 6.72. The normalized spacial score (nSPS) is 22.5. The molecule has 0 radical (unpaired) electrons. The summed E-state index contributed by atoms with van der Waals surface area (Å²) in [5, 5.41) is 8.19. The lowest BCUT2D eigenvalue weighted by Crippen LogP contribution is -2.37. The number of nitrogens with one attached hydrogen (secondary N) is 1. The molecule has 1 saturated carbocycles. The molecule has 0 spiro atoms. The first-order chi connectivity index (χ1) is 10.0. The van der Waals surface area contributed by atoms with E-state index in [1.807, 2.05) is 0 Å². The Morgan fingerprint density at radius 1 is 1.38 bits per heavy atom. The summed E-state index contributed by atoms with van der Waals surface area (Å²) < 4.78 is 2.07. The summed E-state index contributed by atoms with van der Waals surface area (Å²) in [6.07, 6.45) is 6.54. The average Bonchev–Trinajstić information content (AvgIpc) is 2.73. The Morgan fingerprint density at radius 2 is 2.14 bits per heavy atom. The fourth-order valence-electron chi connectivity index (χ4n) is 3.65. The molecule has 1 fully saturated rings. The van der Waals surface area contributed by atoms with Crippen molar-refractivity contribution in [2.45, 2.75) is 65.5 Å². The van der Waals surface area contributed by atoms with Gasteiger partial charge in [-0.2, -0.15) is 5.10 Å². The van der Waals surface area contributed by atoms with E-state index in [-0.39, 0.29) is 0 Å². The van der Waals surface area contributed by atoms with Crippen LogP contribution in [0, 0.1) is 12.8 Å². The second-order valence-electron chi connectivity index (χ2n) is 6.72. The highest BCUT2D eigenvalue weighted by molar-refractivity contribution is 5.50. The zero-order chi connectivity index (χ0) is 15.4. The van der Waals surface area contributed by atoms with Crippen molar-refractivity contribution in [1.82, 2.24) is 15.1 Å². The van der Waals surface area contributed by atoms with E-state index in [4.69, 9.17) is 0 Å². The van der Waals surface area contributed by atoms with Gasteiger partial charge in [-0.05, 0) is 38.6 Å². The molecular formula is C17H32N4. The van der Waals surface area contributed by atoms with Crippen molar-refractivity contribution in [2.24, 2.45) is 13.0 Å². The average molecular weight is 292 g/mol. The van der Waals surface area contributed by atoms with E-state index in [9.17, 15) is 0 Å². The van der Waals surface area contributed by atoms with Crippen LogP contribution >= 0.6 is 0 Å². The van der Waals surface area contributed by atoms with Crippen molar-refractivity contribution in [3.8, 4) is 0 Å². The fraction of sp³-hybridized carbons (Fsp3) is 0.824. The summed E-state index contributed by atoms with van der Waals surface area (Å²) in [5.41, 5.74) is 2.53. The molecule has 1 aliphatic rings.